The van der Waals surface area contributed by atoms with E-state index in [9.17, 15) is 9.59 Å². The third kappa shape index (κ3) is 6.45. The third-order valence-corrected chi connectivity index (χ3v) is 6.77. The number of pyridine rings is 1. The predicted molar refractivity (Wildman–Crippen MR) is 127 cm³/mol. The molecule has 0 radical (unpaired) electrons. The molecule has 2 aliphatic rings. The molecule has 7 nitrogen and oxygen atoms in total. The molecule has 2 amide bonds. The van der Waals surface area contributed by atoms with Crippen molar-refractivity contribution >= 4 is 23.4 Å². The molecule has 1 aliphatic carbocycles. The Balaban J connectivity index is 1.30. The van der Waals surface area contributed by atoms with Gasteiger partial charge < -0.3 is 15.0 Å². The van der Waals surface area contributed by atoms with E-state index in [2.05, 4.69) is 15.2 Å². The highest BCUT2D eigenvalue weighted by molar-refractivity contribution is 6.30. The van der Waals surface area contributed by atoms with Crippen molar-refractivity contribution in [2.45, 2.75) is 38.3 Å². The molecular weight excluding hydrogens is 440 g/mol. The van der Waals surface area contributed by atoms with Gasteiger partial charge in [0.15, 0.2) is 6.61 Å². The highest BCUT2D eigenvalue weighted by Crippen LogP contribution is 2.31. The topological polar surface area (TPSA) is 74.8 Å². The highest BCUT2D eigenvalue weighted by atomic mass is 35.5. The number of rotatable bonds is 8. The van der Waals surface area contributed by atoms with Gasteiger partial charge in [-0.15, -0.1) is 0 Å². The number of amides is 2. The maximum atomic E-state index is 13.2. The van der Waals surface area contributed by atoms with Crippen LogP contribution in [0.15, 0.2) is 48.7 Å². The van der Waals surface area contributed by atoms with Crippen molar-refractivity contribution in [1.29, 1.82) is 0 Å². The largest absolute Gasteiger partial charge is 0.484 e. The number of carbonyl (C=O) groups excluding carboxylic acids is 2. The fourth-order valence-electron chi connectivity index (χ4n) is 4.75. The van der Waals surface area contributed by atoms with Gasteiger partial charge in [-0.05, 0) is 55.2 Å². The molecule has 1 N–H and O–H groups in total. The monoisotopic (exact) mass is 470 g/mol. The lowest BCUT2D eigenvalue weighted by Crippen LogP contribution is -2.58. The first-order valence-corrected chi connectivity index (χ1v) is 12.1. The van der Waals surface area contributed by atoms with Crippen molar-refractivity contribution in [3.63, 3.8) is 0 Å². The second-order valence-electron chi connectivity index (χ2n) is 8.69. The SMILES string of the molecule is O=C(NCc1ccccn1)[C@H](C1CCCC1)N1CCN(C(=O)COc2ccc(Cl)cc2)CC1. The fourth-order valence-corrected chi connectivity index (χ4v) is 4.88. The summed E-state index contributed by atoms with van der Waals surface area (Å²) in [6.45, 7) is 3.00. The van der Waals surface area contributed by atoms with E-state index in [-0.39, 0.29) is 24.5 Å². The van der Waals surface area contributed by atoms with E-state index in [0.29, 0.717) is 49.4 Å². The van der Waals surface area contributed by atoms with Crippen molar-refractivity contribution < 1.29 is 14.3 Å². The minimum atomic E-state index is -0.154. The second kappa shape index (κ2) is 11.5. The zero-order valence-corrected chi connectivity index (χ0v) is 19.5. The quantitative estimate of drug-likeness (QED) is 0.641. The molecule has 2 aromatic rings. The highest BCUT2D eigenvalue weighted by Gasteiger charge is 2.37. The molecule has 2 heterocycles. The number of hydrogen-bond acceptors (Lipinski definition) is 5. The Morgan fingerprint density at radius 2 is 1.79 bits per heavy atom. The van der Waals surface area contributed by atoms with Crippen LogP contribution in [0.25, 0.3) is 0 Å². The lowest BCUT2D eigenvalue weighted by Gasteiger charge is -2.40. The number of nitrogens with one attached hydrogen (secondary N) is 1. The van der Waals surface area contributed by atoms with Crippen LogP contribution < -0.4 is 10.1 Å². The standard InChI is InChI=1S/C25H31ClN4O3/c26-20-8-10-22(11-9-20)33-18-23(31)29-13-15-30(16-14-29)24(19-5-1-2-6-19)25(32)28-17-21-7-3-4-12-27-21/h3-4,7-12,19,24H,1-2,5-6,13-18H2,(H,28,32)/t24-/m0/s1. The molecule has 33 heavy (non-hydrogen) atoms. The van der Waals surface area contributed by atoms with Crippen LogP contribution in [0.1, 0.15) is 31.4 Å². The second-order valence-corrected chi connectivity index (χ2v) is 9.12. The average Bonchev–Trinajstić information content (AvgIpc) is 3.38. The maximum absolute atomic E-state index is 13.2. The van der Waals surface area contributed by atoms with Crippen LogP contribution in [0.5, 0.6) is 5.75 Å². The van der Waals surface area contributed by atoms with E-state index in [4.69, 9.17) is 16.3 Å². The summed E-state index contributed by atoms with van der Waals surface area (Å²) >= 11 is 5.89. The summed E-state index contributed by atoms with van der Waals surface area (Å²) in [6.07, 6.45) is 6.25. The van der Waals surface area contributed by atoms with Gasteiger partial charge in [-0.25, -0.2) is 0 Å². The molecule has 0 unspecified atom stereocenters. The van der Waals surface area contributed by atoms with E-state index in [1.165, 1.54) is 12.8 Å². The predicted octanol–water partition coefficient (Wildman–Crippen LogP) is 3.13. The minimum absolute atomic E-state index is 0.00174. The van der Waals surface area contributed by atoms with Gasteiger partial charge in [0.1, 0.15) is 5.75 Å². The fraction of sp³-hybridized carbons (Fsp3) is 0.480. The van der Waals surface area contributed by atoms with Gasteiger partial charge in [0.25, 0.3) is 5.91 Å². The molecule has 1 aliphatic heterocycles. The van der Waals surface area contributed by atoms with E-state index < -0.39 is 0 Å². The smallest absolute Gasteiger partial charge is 0.260 e. The van der Waals surface area contributed by atoms with Gasteiger partial charge in [0, 0.05) is 37.4 Å². The van der Waals surface area contributed by atoms with E-state index in [1.807, 2.05) is 23.1 Å². The number of halogens is 1. The van der Waals surface area contributed by atoms with Gasteiger partial charge in [-0.3, -0.25) is 19.5 Å². The van der Waals surface area contributed by atoms with Gasteiger partial charge in [0.05, 0.1) is 18.3 Å². The summed E-state index contributed by atoms with van der Waals surface area (Å²) in [5, 5.41) is 3.73. The summed E-state index contributed by atoms with van der Waals surface area (Å²) in [6, 6.07) is 12.5. The third-order valence-electron chi connectivity index (χ3n) is 6.52. The normalized spacial score (nSPS) is 18.2. The molecule has 1 aromatic heterocycles. The lowest BCUT2D eigenvalue weighted by atomic mass is 9.95. The molecule has 176 valence electrons. The number of piperazine rings is 1. The maximum Gasteiger partial charge on any atom is 0.260 e. The Morgan fingerprint density at radius 3 is 2.45 bits per heavy atom. The van der Waals surface area contributed by atoms with E-state index in [1.54, 1.807) is 30.5 Å². The van der Waals surface area contributed by atoms with Crippen LogP contribution in [0.2, 0.25) is 5.02 Å². The number of nitrogens with zero attached hydrogens (tertiary/aromatic N) is 3. The Hall–Kier alpha value is -2.64. The summed E-state index contributed by atoms with van der Waals surface area (Å²) in [7, 11) is 0. The van der Waals surface area contributed by atoms with Crippen LogP contribution in [-0.4, -0.2) is 65.4 Å². The zero-order valence-electron chi connectivity index (χ0n) is 18.8. The Kier molecular flexibility index (Phi) is 8.18. The van der Waals surface area contributed by atoms with Crippen LogP contribution in [-0.2, 0) is 16.1 Å². The van der Waals surface area contributed by atoms with Crippen LogP contribution >= 0.6 is 11.6 Å². The molecule has 1 aromatic carbocycles. The summed E-state index contributed by atoms with van der Waals surface area (Å²) in [5.41, 5.74) is 0.854. The molecule has 0 bridgehead atoms. The number of ether oxygens (including phenoxy) is 1. The molecule has 0 spiro atoms. The zero-order chi connectivity index (χ0) is 23.0. The Morgan fingerprint density at radius 1 is 1.06 bits per heavy atom. The summed E-state index contributed by atoms with van der Waals surface area (Å²) in [5.74, 6) is 1.02. The number of aromatic nitrogens is 1. The van der Waals surface area contributed by atoms with Gasteiger partial charge in [-0.2, -0.15) is 0 Å². The lowest BCUT2D eigenvalue weighted by molar-refractivity contribution is -0.137. The van der Waals surface area contributed by atoms with Crippen molar-refractivity contribution in [2.24, 2.45) is 5.92 Å². The van der Waals surface area contributed by atoms with Crippen molar-refractivity contribution in [2.75, 3.05) is 32.8 Å². The molecule has 8 heteroatoms. The van der Waals surface area contributed by atoms with Gasteiger partial charge in [-0.1, -0.05) is 30.5 Å². The summed E-state index contributed by atoms with van der Waals surface area (Å²) in [4.78, 5) is 34.2. The van der Waals surface area contributed by atoms with Gasteiger partial charge in [0.2, 0.25) is 5.91 Å². The first kappa shape index (κ1) is 23.5. The van der Waals surface area contributed by atoms with Gasteiger partial charge >= 0.3 is 0 Å². The molecular formula is C25H31ClN4O3. The number of carbonyl (C=O) groups is 2. The van der Waals surface area contributed by atoms with E-state index in [0.717, 1.165) is 18.5 Å². The molecule has 1 atom stereocenters. The Labute approximate surface area is 200 Å². The summed E-state index contributed by atoms with van der Waals surface area (Å²) < 4.78 is 5.61. The number of hydrogen-bond donors (Lipinski definition) is 1. The van der Waals surface area contributed by atoms with Crippen LogP contribution in [0.4, 0.5) is 0 Å². The molecule has 1 saturated carbocycles. The van der Waals surface area contributed by atoms with Crippen LogP contribution in [0, 0.1) is 5.92 Å². The van der Waals surface area contributed by atoms with Crippen LogP contribution in [0.3, 0.4) is 0 Å². The number of benzene rings is 1. The molecule has 1 saturated heterocycles. The first-order chi connectivity index (χ1) is 16.1. The average molecular weight is 471 g/mol. The van der Waals surface area contributed by atoms with Crippen molar-refractivity contribution in [1.82, 2.24) is 20.1 Å². The molecule has 4 rings (SSSR count). The van der Waals surface area contributed by atoms with Crippen molar-refractivity contribution in [3.05, 3.63) is 59.4 Å². The molecule has 2 fully saturated rings. The first-order valence-electron chi connectivity index (χ1n) is 11.7. The van der Waals surface area contributed by atoms with E-state index >= 15 is 0 Å². The minimum Gasteiger partial charge on any atom is -0.484 e. The van der Waals surface area contributed by atoms with Crippen molar-refractivity contribution in [3.8, 4) is 5.75 Å². The Bertz CT molecular complexity index is 911.